The van der Waals surface area contributed by atoms with E-state index in [1.165, 1.54) is 0 Å². The van der Waals surface area contributed by atoms with E-state index in [0.29, 0.717) is 44.0 Å². The average Bonchev–Trinajstić information content (AvgIpc) is 2.61. The van der Waals surface area contributed by atoms with Crippen LogP contribution < -0.4 is 10.6 Å². The molecule has 25 heavy (non-hydrogen) atoms. The molecule has 0 bridgehead atoms. The first-order valence-electron chi connectivity index (χ1n) is 8.54. The van der Waals surface area contributed by atoms with Crippen LogP contribution in [0.2, 0.25) is 0 Å². The minimum absolute atomic E-state index is 0.00705. The summed E-state index contributed by atoms with van der Waals surface area (Å²) in [4.78, 5) is 39.5. The molecule has 2 N–H and O–H groups in total. The van der Waals surface area contributed by atoms with Crippen molar-refractivity contribution >= 4 is 23.4 Å². The lowest BCUT2D eigenvalue weighted by molar-refractivity contribution is -0.136. The molecule has 1 aromatic rings. The van der Waals surface area contributed by atoms with Crippen LogP contribution in [-0.4, -0.2) is 67.3 Å². The van der Waals surface area contributed by atoms with Crippen LogP contribution in [0.15, 0.2) is 24.3 Å². The van der Waals surface area contributed by atoms with Crippen molar-refractivity contribution in [3.63, 3.8) is 0 Å². The molecule has 1 aromatic carbocycles. The third kappa shape index (κ3) is 5.29. The smallest absolute Gasteiger partial charge is 0.251 e. The van der Waals surface area contributed by atoms with E-state index in [2.05, 4.69) is 10.6 Å². The molecule has 0 radical (unpaired) electrons. The Bertz CT molecular complexity index is 620. The number of amides is 3. The lowest BCUT2D eigenvalue weighted by atomic mass is 10.1. The zero-order valence-electron chi connectivity index (χ0n) is 15.0. The second-order valence-corrected chi connectivity index (χ2v) is 6.46. The Kier molecular flexibility index (Phi) is 6.52. The summed E-state index contributed by atoms with van der Waals surface area (Å²) in [5, 5.41) is 5.39. The summed E-state index contributed by atoms with van der Waals surface area (Å²) >= 11 is 0. The lowest BCUT2D eigenvalue weighted by Gasteiger charge is -2.35. The Labute approximate surface area is 148 Å². The number of hydrogen-bond donors (Lipinski definition) is 2. The van der Waals surface area contributed by atoms with Gasteiger partial charge in [0, 0.05) is 50.4 Å². The van der Waals surface area contributed by atoms with Gasteiger partial charge in [-0.3, -0.25) is 19.3 Å². The zero-order valence-corrected chi connectivity index (χ0v) is 15.0. The first-order chi connectivity index (χ1) is 11.9. The number of hydrogen-bond acceptors (Lipinski definition) is 4. The highest BCUT2D eigenvalue weighted by molar-refractivity contribution is 5.96. The first kappa shape index (κ1) is 18.9. The van der Waals surface area contributed by atoms with Crippen molar-refractivity contribution in [2.45, 2.75) is 13.8 Å². The summed E-state index contributed by atoms with van der Waals surface area (Å²) in [6.45, 7) is 6.80. The van der Waals surface area contributed by atoms with Crippen LogP contribution in [0, 0.1) is 5.92 Å². The lowest BCUT2D eigenvalue weighted by Crippen LogP contribution is -2.51. The van der Waals surface area contributed by atoms with Gasteiger partial charge in [0.05, 0.1) is 6.54 Å². The number of carbonyl (C=O) groups is 3. The highest BCUT2D eigenvalue weighted by Gasteiger charge is 2.23. The van der Waals surface area contributed by atoms with E-state index in [-0.39, 0.29) is 23.6 Å². The summed E-state index contributed by atoms with van der Waals surface area (Å²) in [5.74, 6) is -0.0871. The highest BCUT2D eigenvalue weighted by atomic mass is 16.2. The highest BCUT2D eigenvalue weighted by Crippen LogP contribution is 2.11. The fourth-order valence-corrected chi connectivity index (χ4v) is 2.74. The molecule has 1 fully saturated rings. The van der Waals surface area contributed by atoms with Gasteiger partial charge in [-0.1, -0.05) is 13.8 Å². The van der Waals surface area contributed by atoms with Crippen LogP contribution in [0.3, 0.4) is 0 Å². The van der Waals surface area contributed by atoms with E-state index in [1.54, 1.807) is 31.3 Å². The molecule has 0 spiro atoms. The van der Waals surface area contributed by atoms with Crippen molar-refractivity contribution in [1.82, 2.24) is 15.1 Å². The topological polar surface area (TPSA) is 81.8 Å². The van der Waals surface area contributed by atoms with Gasteiger partial charge in [0.15, 0.2) is 0 Å². The van der Waals surface area contributed by atoms with Gasteiger partial charge in [-0.25, -0.2) is 0 Å². The van der Waals surface area contributed by atoms with Gasteiger partial charge in [0.25, 0.3) is 5.91 Å². The molecule has 0 aliphatic carbocycles. The Morgan fingerprint density at radius 1 is 1.04 bits per heavy atom. The van der Waals surface area contributed by atoms with Crippen LogP contribution >= 0.6 is 0 Å². The van der Waals surface area contributed by atoms with Crippen LogP contribution in [0.5, 0.6) is 0 Å². The fourth-order valence-electron chi connectivity index (χ4n) is 2.74. The number of benzene rings is 1. The Balaban J connectivity index is 1.79. The standard InChI is InChI=1S/C18H26N4O3/c1-13(2)18(25)22-10-8-21(9-11-22)12-16(23)20-15-6-4-14(5-7-15)17(24)19-3/h4-7,13H,8-12H2,1-3H3,(H,19,24)(H,20,23). The maximum Gasteiger partial charge on any atom is 0.251 e. The van der Waals surface area contributed by atoms with Crippen molar-refractivity contribution in [3.05, 3.63) is 29.8 Å². The van der Waals surface area contributed by atoms with Crippen molar-refractivity contribution in [2.75, 3.05) is 45.1 Å². The number of nitrogens with one attached hydrogen (secondary N) is 2. The molecule has 1 heterocycles. The second kappa shape index (κ2) is 8.62. The summed E-state index contributed by atoms with van der Waals surface area (Å²) in [6.07, 6.45) is 0. The molecule has 0 unspecified atom stereocenters. The molecule has 1 aliphatic heterocycles. The minimum Gasteiger partial charge on any atom is -0.355 e. The summed E-state index contributed by atoms with van der Waals surface area (Å²) in [5.41, 5.74) is 1.21. The SMILES string of the molecule is CNC(=O)c1ccc(NC(=O)CN2CCN(C(=O)C(C)C)CC2)cc1. The van der Waals surface area contributed by atoms with E-state index in [9.17, 15) is 14.4 Å². The molecule has 0 saturated carbocycles. The number of rotatable bonds is 5. The Morgan fingerprint density at radius 3 is 2.16 bits per heavy atom. The van der Waals surface area contributed by atoms with E-state index in [4.69, 9.17) is 0 Å². The molecule has 1 saturated heterocycles. The maximum absolute atomic E-state index is 12.2. The molecule has 0 atom stereocenters. The van der Waals surface area contributed by atoms with E-state index < -0.39 is 0 Å². The minimum atomic E-state index is -0.160. The van der Waals surface area contributed by atoms with Crippen molar-refractivity contribution < 1.29 is 14.4 Å². The molecule has 3 amide bonds. The summed E-state index contributed by atoms with van der Waals surface area (Å²) in [6, 6.07) is 6.76. The molecule has 7 nitrogen and oxygen atoms in total. The monoisotopic (exact) mass is 346 g/mol. The van der Waals surface area contributed by atoms with Crippen molar-refractivity contribution in [2.24, 2.45) is 5.92 Å². The molecular weight excluding hydrogens is 320 g/mol. The van der Waals surface area contributed by atoms with Gasteiger partial charge in [-0.15, -0.1) is 0 Å². The van der Waals surface area contributed by atoms with Gasteiger partial charge < -0.3 is 15.5 Å². The van der Waals surface area contributed by atoms with Gasteiger partial charge in [-0.2, -0.15) is 0 Å². The van der Waals surface area contributed by atoms with Gasteiger partial charge in [0.2, 0.25) is 11.8 Å². The maximum atomic E-state index is 12.2. The van der Waals surface area contributed by atoms with Crippen LogP contribution in [0.25, 0.3) is 0 Å². The van der Waals surface area contributed by atoms with E-state index in [0.717, 1.165) is 0 Å². The van der Waals surface area contributed by atoms with Crippen molar-refractivity contribution in [3.8, 4) is 0 Å². The third-order valence-electron chi connectivity index (χ3n) is 4.20. The number of piperazine rings is 1. The Hall–Kier alpha value is -2.41. The molecule has 136 valence electrons. The number of carbonyl (C=O) groups excluding carboxylic acids is 3. The quantitative estimate of drug-likeness (QED) is 0.826. The fraction of sp³-hybridized carbons (Fsp3) is 0.500. The van der Waals surface area contributed by atoms with Crippen LogP contribution in [-0.2, 0) is 9.59 Å². The number of nitrogens with zero attached hydrogens (tertiary/aromatic N) is 2. The summed E-state index contributed by atoms with van der Waals surface area (Å²) in [7, 11) is 1.58. The molecular formula is C18H26N4O3. The van der Waals surface area contributed by atoms with Crippen LogP contribution in [0.1, 0.15) is 24.2 Å². The predicted octanol–water partition coefficient (Wildman–Crippen LogP) is 0.785. The summed E-state index contributed by atoms with van der Waals surface area (Å²) < 4.78 is 0. The average molecular weight is 346 g/mol. The van der Waals surface area contributed by atoms with E-state index >= 15 is 0 Å². The molecule has 2 rings (SSSR count). The third-order valence-corrected chi connectivity index (χ3v) is 4.20. The Morgan fingerprint density at radius 2 is 1.64 bits per heavy atom. The second-order valence-electron chi connectivity index (χ2n) is 6.46. The van der Waals surface area contributed by atoms with E-state index in [1.807, 2.05) is 23.6 Å². The van der Waals surface area contributed by atoms with Crippen LogP contribution in [0.4, 0.5) is 5.69 Å². The van der Waals surface area contributed by atoms with Gasteiger partial charge >= 0.3 is 0 Å². The number of anilines is 1. The van der Waals surface area contributed by atoms with Gasteiger partial charge in [-0.05, 0) is 24.3 Å². The van der Waals surface area contributed by atoms with Crippen molar-refractivity contribution in [1.29, 1.82) is 0 Å². The molecule has 1 aliphatic rings. The molecule has 7 heteroatoms. The first-order valence-corrected chi connectivity index (χ1v) is 8.54. The zero-order chi connectivity index (χ0) is 18.4. The normalized spacial score (nSPS) is 15.1. The largest absolute Gasteiger partial charge is 0.355 e. The van der Waals surface area contributed by atoms with Gasteiger partial charge in [0.1, 0.15) is 0 Å². The predicted molar refractivity (Wildman–Crippen MR) is 96.3 cm³/mol. The molecule has 0 aromatic heterocycles.